The molecule has 0 bridgehead atoms. The van der Waals surface area contributed by atoms with E-state index in [2.05, 4.69) is 25.2 Å². The Labute approximate surface area is 190 Å². The van der Waals surface area contributed by atoms with Crippen LogP contribution in [0.4, 0.5) is 5.82 Å². The van der Waals surface area contributed by atoms with Gasteiger partial charge in [-0.2, -0.15) is 5.26 Å². The van der Waals surface area contributed by atoms with Crippen molar-refractivity contribution < 1.29 is 14.7 Å². The number of rotatable bonds is 4. The molecular formula is C23H23N7O3. The van der Waals surface area contributed by atoms with Crippen molar-refractivity contribution in [3.05, 3.63) is 53.6 Å². The zero-order chi connectivity index (χ0) is 23.5. The van der Waals surface area contributed by atoms with Crippen LogP contribution in [0.5, 0.6) is 5.75 Å². The zero-order valence-corrected chi connectivity index (χ0v) is 18.3. The monoisotopic (exact) mass is 445 g/mol. The first-order valence-electron chi connectivity index (χ1n) is 10.5. The number of carbonyl (C=O) groups excluding carboxylic acids is 2. The van der Waals surface area contributed by atoms with Crippen LogP contribution in [0.2, 0.25) is 0 Å². The molecule has 0 radical (unpaired) electrons. The number of anilines is 1. The third-order valence-electron chi connectivity index (χ3n) is 5.67. The number of aromatic hydroxyl groups is 1. The number of carbonyl (C=O) groups is 2. The van der Waals surface area contributed by atoms with Crippen molar-refractivity contribution >= 4 is 28.5 Å². The summed E-state index contributed by atoms with van der Waals surface area (Å²) in [6.45, 7) is 5.69. The Hall–Kier alpha value is -4.26. The Morgan fingerprint density at radius 1 is 1.21 bits per heavy atom. The van der Waals surface area contributed by atoms with E-state index in [9.17, 15) is 14.7 Å². The van der Waals surface area contributed by atoms with E-state index in [4.69, 9.17) is 5.26 Å². The van der Waals surface area contributed by atoms with Gasteiger partial charge in [0.1, 0.15) is 17.6 Å². The molecule has 10 heteroatoms. The first-order valence-corrected chi connectivity index (χ1v) is 10.5. The van der Waals surface area contributed by atoms with Gasteiger partial charge in [0.05, 0.1) is 11.7 Å². The molecule has 0 unspecified atom stereocenters. The van der Waals surface area contributed by atoms with Gasteiger partial charge in [-0.05, 0) is 30.7 Å². The maximum atomic E-state index is 12.6. The summed E-state index contributed by atoms with van der Waals surface area (Å²) in [7, 11) is 0. The number of nitrogens with zero attached hydrogens (tertiary/aromatic N) is 6. The Kier molecular flexibility index (Phi) is 6.04. The fourth-order valence-corrected chi connectivity index (χ4v) is 3.91. The standard InChI is InChI=1S/C23H23N7O3/c1-14-13-29(7-8-30(14)15(2)31)20-6-5-18-19(28-20)12-26-21(22(18)32)23(33)27-11-16-3-4-17(9-24)25-10-16/h3-6,10,12,14,32H,7-8,11,13H2,1-2H3,(H,27,33)/t14-/m0/s1. The second-order valence-electron chi connectivity index (χ2n) is 7.91. The van der Waals surface area contributed by atoms with Crippen molar-refractivity contribution in [2.24, 2.45) is 0 Å². The molecule has 4 heterocycles. The quantitative estimate of drug-likeness (QED) is 0.618. The highest BCUT2D eigenvalue weighted by Gasteiger charge is 2.26. The second kappa shape index (κ2) is 9.08. The van der Waals surface area contributed by atoms with E-state index in [0.717, 1.165) is 5.82 Å². The molecule has 0 aliphatic carbocycles. The summed E-state index contributed by atoms with van der Waals surface area (Å²) in [6, 6.07) is 8.78. The predicted octanol–water partition coefficient (Wildman–Crippen LogP) is 1.59. The second-order valence-corrected chi connectivity index (χ2v) is 7.91. The molecule has 3 aromatic rings. The van der Waals surface area contributed by atoms with Gasteiger partial charge in [0, 0.05) is 50.7 Å². The first-order chi connectivity index (χ1) is 15.9. The number of hydrogen-bond acceptors (Lipinski definition) is 8. The average Bonchev–Trinajstić information content (AvgIpc) is 2.82. The fraction of sp³-hybridized carbons (Fsp3) is 0.304. The number of pyridine rings is 3. The fourth-order valence-electron chi connectivity index (χ4n) is 3.91. The van der Waals surface area contributed by atoms with E-state index in [1.165, 1.54) is 12.4 Å². The molecule has 0 spiro atoms. The number of nitriles is 1. The Morgan fingerprint density at radius 2 is 2.03 bits per heavy atom. The van der Waals surface area contributed by atoms with E-state index in [1.54, 1.807) is 31.2 Å². The number of piperazine rings is 1. The molecule has 3 aromatic heterocycles. The largest absolute Gasteiger partial charge is 0.505 e. The van der Waals surface area contributed by atoms with Crippen LogP contribution in [-0.4, -0.2) is 62.4 Å². The molecule has 10 nitrogen and oxygen atoms in total. The Bertz CT molecular complexity index is 1250. The van der Waals surface area contributed by atoms with Crippen molar-refractivity contribution in [1.82, 2.24) is 25.2 Å². The first kappa shape index (κ1) is 22.0. The van der Waals surface area contributed by atoms with E-state index < -0.39 is 5.91 Å². The summed E-state index contributed by atoms with van der Waals surface area (Å²) in [6.07, 6.45) is 2.97. The van der Waals surface area contributed by atoms with Gasteiger partial charge in [-0.1, -0.05) is 6.07 Å². The van der Waals surface area contributed by atoms with Gasteiger partial charge in [-0.3, -0.25) is 9.59 Å². The molecule has 0 saturated carbocycles. The summed E-state index contributed by atoms with van der Waals surface area (Å²) in [5.41, 5.74) is 1.39. The van der Waals surface area contributed by atoms with Gasteiger partial charge in [-0.15, -0.1) is 0 Å². The highest BCUT2D eigenvalue weighted by molar-refractivity contribution is 6.00. The van der Waals surface area contributed by atoms with Crippen LogP contribution >= 0.6 is 0 Å². The average molecular weight is 445 g/mol. The smallest absolute Gasteiger partial charge is 0.274 e. The number of hydrogen-bond donors (Lipinski definition) is 2. The molecule has 1 atom stereocenters. The van der Waals surface area contributed by atoms with Crippen LogP contribution in [0, 0.1) is 11.3 Å². The Morgan fingerprint density at radius 3 is 2.70 bits per heavy atom. The lowest BCUT2D eigenvalue weighted by Crippen LogP contribution is -2.53. The molecule has 168 valence electrons. The summed E-state index contributed by atoms with van der Waals surface area (Å²) >= 11 is 0. The van der Waals surface area contributed by atoms with E-state index in [1.807, 2.05) is 17.9 Å². The summed E-state index contributed by atoms with van der Waals surface area (Å²) < 4.78 is 0. The number of aromatic nitrogens is 3. The maximum absolute atomic E-state index is 12.6. The predicted molar refractivity (Wildman–Crippen MR) is 120 cm³/mol. The molecule has 1 aliphatic rings. The lowest BCUT2D eigenvalue weighted by molar-refractivity contribution is -0.131. The van der Waals surface area contributed by atoms with Crippen molar-refractivity contribution in [2.45, 2.75) is 26.4 Å². The number of fused-ring (bicyclic) bond motifs is 1. The van der Waals surface area contributed by atoms with Crippen molar-refractivity contribution in [1.29, 1.82) is 5.26 Å². The molecule has 0 aromatic carbocycles. The Balaban J connectivity index is 1.49. The van der Waals surface area contributed by atoms with Crippen molar-refractivity contribution in [3.63, 3.8) is 0 Å². The van der Waals surface area contributed by atoms with Gasteiger partial charge in [0.15, 0.2) is 11.4 Å². The van der Waals surface area contributed by atoms with Gasteiger partial charge < -0.3 is 20.2 Å². The van der Waals surface area contributed by atoms with Gasteiger partial charge >= 0.3 is 0 Å². The highest BCUT2D eigenvalue weighted by atomic mass is 16.3. The molecule has 4 rings (SSSR count). The lowest BCUT2D eigenvalue weighted by Gasteiger charge is -2.40. The minimum absolute atomic E-state index is 0.0593. The van der Waals surface area contributed by atoms with Crippen LogP contribution in [-0.2, 0) is 11.3 Å². The van der Waals surface area contributed by atoms with Crippen LogP contribution < -0.4 is 10.2 Å². The summed E-state index contributed by atoms with van der Waals surface area (Å²) in [5.74, 6) is 0.0158. The van der Waals surface area contributed by atoms with E-state index in [0.29, 0.717) is 41.8 Å². The molecular weight excluding hydrogens is 422 g/mol. The third kappa shape index (κ3) is 4.52. The van der Waals surface area contributed by atoms with E-state index >= 15 is 0 Å². The minimum atomic E-state index is -0.531. The molecule has 33 heavy (non-hydrogen) atoms. The third-order valence-corrected chi connectivity index (χ3v) is 5.67. The van der Waals surface area contributed by atoms with Crippen molar-refractivity contribution in [3.8, 4) is 11.8 Å². The molecule has 2 N–H and O–H groups in total. The zero-order valence-electron chi connectivity index (χ0n) is 18.3. The van der Waals surface area contributed by atoms with Gasteiger partial charge in [-0.25, -0.2) is 15.0 Å². The normalized spacial score (nSPS) is 15.8. The lowest BCUT2D eigenvalue weighted by atomic mass is 10.1. The van der Waals surface area contributed by atoms with Gasteiger partial charge in [0.2, 0.25) is 5.91 Å². The number of nitrogens with one attached hydrogen (secondary N) is 1. The topological polar surface area (TPSA) is 135 Å². The summed E-state index contributed by atoms with van der Waals surface area (Å²) in [5, 5.41) is 22.6. The van der Waals surface area contributed by atoms with Crippen LogP contribution in [0.3, 0.4) is 0 Å². The van der Waals surface area contributed by atoms with Crippen LogP contribution in [0.15, 0.2) is 36.7 Å². The van der Waals surface area contributed by atoms with E-state index in [-0.39, 0.29) is 29.9 Å². The van der Waals surface area contributed by atoms with Crippen LogP contribution in [0.1, 0.15) is 35.6 Å². The maximum Gasteiger partial charge on any atom is 0.274 e. The minimum Gasteiger partial charge on any atom is -0.505 e. The number of amides is 2. The molecule has 1 aliphatic heterocycles. The van der Waals surface area contributed by atoms with Crippen LogP contribution in [0.25, 0.3) is 10.9 Å². The SMILES string of the molecule is CC(=O)N1CCN(c2ccc3c(O)c(C(=O)NCc4ccc(C#N)nc4)ncc3n2)C[C@@H]1C. The van der Waals surface area contributed by atoms with Gasteiger partial charge in [0.25, 0.3) is 5.91 Å². The molecule has 2 amide bonds. The molecule has 1 fully saturated rings. The van der Waals surface area contributed by atoms with Crippen molar-refractivity contribution in [2.75, 3.05) is 24.5 Å². The summed E-state index contributed by atoms with van der Waals surface area (Å²) in [4.78, 5) is 40.9. The molecule has 1 saturated heterocycles. The highest BCUT2D eigenvalue weighted by Crippen LogP contribution is 2.28.